The minimum Gasteiger partial charge on any atom is -0.331 e. The molecule has 1 aliphatic carbocycles. The normalized spacial score (nSPS) is 27.7. The summed E-state index contributed by atoms with van der Waals surface area (Å²) in [5, 5.41) is 0. The van der Waals surface area contributed by atoms with Crippen molar-refractivity contribution in [3.8, 4) is 0 Å². The lowest BCUT2D eigenvalue weighted by molar-refractivity contribution is -0.131. The van der Waals surface area contributed by atoms with Crippen LogP contribution in [0.4, 0.5) is 0 Å². The predicted octanol–water partition coefficient (Wildman–Crippen LogP) is 1.97. The van der Waals surface area contributed by atoms with E-state index in [-0.39, 0.29) is 5.92 Å². The van der Waals surface area contributed by atoms with Crippen molar-refractivity contribution in [2.45, 2.75) is 19.0 Å². The molecular weight excluding hydrogens is 186 g/mol. The molecule has 2 bridgehead atoms. The molecule has 0 radical (unpaired) electrons. The summed E-state index contributed by atoms with van der Waals surface area (Å²) < 4.78 is 0. The van der Waals surface area contributed by atoms with Crippen molar-refractivity contribution in [1.82, 2.24) is 4.90 Å². The maximum Gasteiger partial charge on any atom is 0.230 e. The Morgan fingerprint density at radius 3 is 2.67 bits per heavy atom. The fraction of sp³-hybridized carbons (Fsp3) is 0.308. The summed E-state index contributed by atoms with van der Waals surface area (Å²) in [5.74, 6) is 0.463. The van der Waals surface area contributed by atoms with E-state index in [0.717, 1.165) is 13.0 Å². The van der Waals surface area contributed by atoms with Crippen molar-refractivity contribution < 1.29 is 4.79 Å². The molecule has 0 saturated carbocycles. The van der Waals surface area contributed by atoms with Crippen LogP contribution < -0.4 is 0 Å². The number of carbonyl (C=O) groups excluding carboxylic acids is 1. The van der Waals surface area contributed by atoms with Gasteiger partial charge in [-0.2, -0.15) is 0 Å². The SMILES string of the molecule is O=C1[C@@H]2C=C[C@@H](C2)N1Cc1ccccc1. The average Bonchev–Trinajstić information content (AvgIpc) is 2.84. The molecule has 0 N–H and O–H groups in total. The predicted molar refractivity (Wildman–Crippen MR) is 58.0 cm³/mol. The minimum atomic E-state index is 0.165. The van der Waals surface area contributed by atoms with Gasteiger partial charge in [-0.1, -0.05) is 42.5 Å². The van der Waals surface area contributed by atoms with E-state index in [1.54, 1.807) is 0 Å². The number of carbonyl (C=O) groups is 1. The Hall–Kier alpha value is -1.57. The van der Waals surface area contributed by atoms with Crippen molar-refractivity contribution in [2.24, 2.45) is 5.92 Å². The Morgan fingerprint density at radius 1 is 1.20 bits per heavy atom. The van der Waals surface area contributed by atoms with E-state index in [4.69, 9.17) is 0 Å². The first-order valence-corrected chi connectivity index (χ1v) is 5.37. The first-order valence-electron chi connectivity index (χ1n) is 5.37. The summed E-state index contributed by atoms with van der Waals surface area (Å²) in [6.07, 6.45) is 5.20. The highest BCUT2D eigenvalue weighted by Gasteiger charge is 2.40. The van der Waals surface area contributed by atoms with Crippen LogP contribution in [0.5, 0.6) is 0 Å². The summed E-state index contributed by atoms with van der Waals surface area (Å²) >= 11 is 0. The van der Waals surface area contributed by atoms with Gasteiger partial charge in [0.1, 0.15) is 0 Å². The van der Waals surface area contributed by atoms with Gasteiger partial charge in [-0.3, -0.25) is 4.79 Å². The minimum absolute atomic E-state index is 0.165. The molecule has 1 aromatic rings. The second-order valence-corrected chi connectivity index (χ2v) is 4.25. The molecule has 1 aliphatic heterocycles. The zero-order valence-electron chi connectivity index (χ0n) is 8.47. The number of benzene rings is 1. The highest BCUT2D eigenvalue weighted by molar-refractivity contribution is 5.85. The third-order valence-electron chi connectivity index (χ3n) is 3.26. The maximum absolute atomic E-state index is 11.8. The van der Waals surface area contributed by atoms with Gasteiger partial charge in [0.15, 0.2) is 0 Å². The van der Waals surface area contributed by atoms with Crippen LogP contribution in [-0.2, 0) is 11.3 Å². The van der Waals surface area contributed by atoms with Crippen LogP contribution in [0.3, 0.4) is 0 Å². The van der Waals surface area contributed by atoms with Gasteiger partial charge in [0.25, 0.3) is 0 Å². The number of fused-ring (bicyclic) bond motifs is 2. The van der Waals surface area contributed by atoms with Gasteiger partial charge in [0.2, 0.25) is 5.91 Å². The van der Waals surface area contributed by atoms with Gasteiger partial charge in [0, 0.05) is 6.54 Å². The van der Waals surface area contributed by atoms with Gasteiger partial charge in [-0.15, -0.1) is 0 Å². The number of hydrogen-bond donors (Lipinski definition) is 0. The molecule has 15 heavy (non-hydrogen) atoms. The van der Waals surface area contributed by atoms with E-state index < -0.39 is 0 Å². The van der Waals surface area contributed by atoms with Crippen LogP contribution in [-0.4, -0.2) is 16.8 Å². The zero-order chi connectivity index (χ0) is 10.3. The maximum atomic E-state index is 11.8. The highest BCUT2D eigenvalue weighted by atomic mass is 16.2. The van der Waals surface area contributed by atoms with Gasteiger partial charge < -0.3 is 4.90 Å². The van der Waals surface area contributed by atoms with Gasteiger partial charge in [-0.25, -0.2) is 0 Å². The monoisotopic (exact) mass is 199 g/mol. The molecule has 3 rings (SSSR count). The first kappa shape index (κ1) is 8.72. The Morgan fingerprint density at radius 2 is 2.00 bits per heavy atom. The molecule has 1 amide bonds. The van der Waals surface area contributed by atoms with Crippen molar-refractivity contribution in [1.29, 1.82) is 0 Å². The number of nitrogens with zero attached hydrogens (tertiary/aromatic N) is 1. The molecule has 76 valence electrons. The van der Waals surface area contributed by atoms with Gasteiger partial charge >= 0.3 is 0 Å². The van der Waals surface area contributed by atoms with Crippen molar-refractivity contribution >= 4 is 5.91 Å². The lowest BCUT2D eigenvalue weighted by Crippen LogP contribution is -2.33. The lowest BCUT2D eigenvalue weighted by Gasteiger charge is -2.24. The quantitative estimate of drug-likeness (QED) is 0.667. The Balaban J connectivity index is 1.80. The fourth-order valence-electron chi connectivity index (χ4n) is 2.45. The van der Waals surface area contributed by atoms with Crippen LogP contribution in [0.15, 0.2) is 42.5 Å². The van der Waals surface area contributed by atoms with Crippen LogP contribution in [0.1, 0.15) is 12.0 Å². The summed E-state index contributed by atoms with van der Waals surface area (Å²) in [6, 6.07) is 10.5. The molecular formula is C13H13NO. The molecule has 1 heterocycles. The fourth-order valence-corrected chi connectivity index (χ4v) is 2.45. The van der Waals surface area contributed by atoms with E-state index in [1.165, 1.54) is 5.56 Å². The Bertz CT molecular complexity index is 410. The van der Waals surface area contributed by atoms with E-state index in [1.807, 2.05) is 23.1 Å². The molecule has 2 nitrogen and oxygen atoms in total. The van der Waals surface area contributed by atoms with E-state index in [9.17, 15) is 4.79 Å². The van der Waals surface area contributed by atoms with Gasteiger partial charge in [-0.05, 0) is 12.0 Å². The van der Waals surface area contributed by atoms with Crippen LogP contribution >= 0.6 is 0 Å². The van der Waals surface area contributed by atoms with Crippen molar-refractivity contribution in [3.63, 3.8) is 0 Å². The van der Waals surface area contributed by atoms with E-state index in [2.05, 4.69) is 24.3 Å². The number of likely N-dealkylation sites (tertiary alicyclic amines) is 1. The molecule has 2 heteroatoms. The topological polar surface area (TPSA) is 20.3 Å². The van der Waals surface area contributed by atoms with Crippen molar-refractivity contribution in [3.05, 3.63) is 48.0 Å². The van der Waals surface area contributed by atoms with Crippen molar-refractivity contribution in [2.75, 3.05) is 0 Å². The number of hydrogen-bond acceptors (Lipinski definition) is 1. The zero-order valence-corrected chi connectivity index (χ0v) is 8.47. The number of rotatable bonds is 2. The average molecular weight is 199 g/mol. The highest BCUT2D eigenvalue weighted by Crippen LogP contribution is 2.33. The molecule has 0 spiro atoms. The molecule has 0 unspecified atom stereocenters. The third-order valence-corrected chi connectivity index (χ3v) is 3.26. The summed E-state index contributed by atoms with van der Waals surface area (Å²) in [4.78, 5) is 13.8. The van der Waals surface area contributed by atoms with Gasteiger partial charge in [0.05, 0.1) is 12.0 Å². The molecule has 2 atom stereocenters. The molecule has 1 fully saturated rings. The molecule has 2 aliphatic rings. The lowest BCUT2D eigenvalue weighted by atomic mass is 10.1. The third kappa shape index (κ3) is 1.37. The molecule has 0 aromatic heterocycles. The summed E-state index contributed by atoms with van der Waals surface area (Å²) in [6.45, 7) is 0.755. The van der Waals surface area contributed by atoms with E-state index in [0.29, 0.717) is 11.9 Å². The molecule has 1 aromatic carbocycles. The Kier molecular flexibility index (Phi) is 1.88. The second kappa shape index (κ2) is 3.23. The largest absolute Gasteiger partial charge is 0.331 e. The van der Waals surface area contributed by atoms with Crippen LogP contribution in [0, 0.1) is 5.92 Å². The number of amides is 1. The molecule has 1 saturated heterocycles. The summed E-state index contributed by atoms with van der Waals surface area (Å²) in [5.41, 5.74) is 1.21. The van der Waals surface area contributed by atoms with Crippen LogP contribution in [0.2, 0.25) is 0 Å². The standard InChI is InChI=1S/C13H13NO/c15-13-11-6-7-12(8-11)14(13)9-10-4-2-1-3-5-10/h1-7,11-12H,8-9H2/t11-,12+/m1/s1. The summed E-state index contributed by atoms with van der Waals surface area (Å²) in [7, 11) is 0. The van der Waals surface area contributed by atoms with E-state index >= 15 is 0 Å². The first-order chi connectivity index (χ1) is 7.34. The smallest absolute Gasteiger partial charge is 0.230 e. The van der Waals surface area contributed by atoms with Crippen LogP contribution in [0.25, 0.3) is 0 Å². The Labute approximate surface area is 89.2 Å². The second-order valence-electron chi connectivity index (χ2n) is 4.25.